The van der Waals surface area contributed by atoms with Crippen molar-refractivity contribution in [1.29, 1.82) is 0 Å². The molecule has 5 aromatic rings. The molecule has 0 unspecified atom stereocenters. The molecule has 3 heterocycles. The predicted molar refractivity (Wildman–Crippen MR) is 137 cm³/mol. The van der Waals surface area contributed by atoms with Crippen molar-refractivity contribution >= 4 is 39.2 Å². The summed E-state index contributed by atoms with van der Waals surface area (Å²) in [5.41, 5.74) is 4.66. The number of fused-ring (bicyclic) bond motifs is 2. The molecule has 6 rings (SSSR count). The average Bonchev–Trinajstić information content (AvgIpc) is 3.60. The molecule has 174 valence electrons. The van der Waals surface area contributed by atoms with E-state index >= 15 is 0 Å². The molecule has 3 aromatic carbocycles. The van der Waals surface area contributed by atoms with Gasteiger partial charge in [-0.1, -0.05) is 30.3 Å². The van der Waals surface area contributed by atoms with Crippen LogP contribution in [0.4, 0.5) is 11.5 Å². The molecule has 1 aliphatic rings. The highest BCUT2D eigenvalue weighted by atomic mass is 16.2. The number of anilines is 2. The van der Waals surface area contributed by atoms with E-state index < -0.39 is 0 Å². The first kappa shape index (κ1) is 21.2. The second-order valence-electron chi connectivity index (χ2n) is 8.78. The van der Waals surface area contributed by atoms with Gasteiger partial charge in [-0.15, -0.1) is 0 Å². The first-order chi connectivity index (χ1) is 17.2. The molecule has 2 aromatic heterocycles. The van der Waals surface area contributed by atoms with E-state index in [1.54, 1.807) is 6.20 Å². The van der Waals surface area contributed by atoms with Crippen molar-refractivity contribution in [3.8, 4) is 11.4 Å². The van der Waals surface area contributed by atoms with E-state index in [9.17, 15) is 4.79 Å². The zero-order valence-corrected chi connectivity index (χ0v) is 19.1. The molecule has 8 nitrogen and oxygen atoms in total. The number of amides is 1. The third-order valence-corrected chi connectivity index (χ3v) is 6.33. The Balaban J connectivity index is 1.30. The minimum Gasteiger partial charge on any atom is -0.351 e. The second-order valence-corrected chi connectivity index (χ2v) is 8.78. The van der Waals surface area contributed by atoms with E-state index in [1.165, 1.54) is 0 Å². The number of hydrogen-bond acceptors (Lipinski definition) is 6. The number of rotatable bonds is 6. The summed E-state index contributed by atoms with van der Waals surface area (Å²) in [6.07, 6.45) is 3.73. The normalized spacial score (nSPS) is 15.5. The number of aromatic nitrogens is 4. The molecule has 0 aliphatic carbocycles. The van der Waals surface area contributed by atoms with Crippen LogP contribution in [-0.2, 0) is 11.3 Å². The van der Waals surface area contributed by atoms with Crippen molar-refractivity contribution < 1.29 is 4.79 Å². The molecule has 1 saturated heterocycles. The summed E-state index contributed by atoms with van der Waals surface area (Å²) in [4.78, 5) is 22.1. The Kier molecular flexibility index (Phi) is 5.56. The predicted octanol–water partition coefficient (Wildman–Crippen LogP) is 4.28. The van der Waals surface area contributed by atoms with Crippen LogP contribution in [0.5, 0.6) is 0 Å². The number of aromatic amines is 1. The lowest BCUT2D eigenvalue weighted by Crippen LogP contribution is -2.39. The summed E-state index contributed by atoms with van der Waals surface area (Å²) in [5.74, 6) is 1.41. The van der Waals surface area contributed by atoms with Gasteiger partial charge in [0.1, 0.15) is 5.82 Å². The molecule has 1 fully saturated rings. The molecule has 35 heavy (non-hydrogen) atoms. The van der Waals surface area contributed by atoms with Crippen LogP contribution in [0.25, 0.3) is 33.2 Å². The number of benzene rings is 3. The Morgan fingerprint density at radius 1 is 1.03 bits per heavy atom. The quantitative estimate of drug-likeness (QED) is 0.299. The number of para-hydroxylation sites is 1. The summed E-state index contributed by atoms with van der Waals surface area (Å²) >= 11 is 0. The summed E-state index contributed by atoms with van der Waals surface area (Å²) < 4.78 is 0. The van der Waals surface area contributed by atoms with Gasteiger partial charge in [0.25, 0.3) is 0 Å². The van der Waals surface area contributed by atoms with Gasteiger partial charge in [-0.3, -0.25) is 9.89 Å². The van der Waals surface area contributed by atoms with Gasteiger partial charge in [0, 0.05) is 28.6 Å². The molecule has 0 bridgehead atoms. The van der Waals surface area contributed by atoms with E-state index in [-0.39, 0.29) is 11.9 Å². The second kappa shape index (κ2) is 9.15. The summed E-state index contributed by atoms with van der Waals surface area (Å²) in [6.45, 7) is 1.37. The van der Waals surface area contributed by atoms with Crippen molar-refractivity contribution in [2.24, 2.45) is 0 Å². The Morgan fingerprint density at radius 2 is 1.97 bits per heavy atom. The lowest BCUT2D eigenvalue weighted by Gasteiger charge is -2.13. The van der Waals surface area contributed by atoms with Crippen LogP contribution in [0, 0.1) is 0 Å². The lowest BCUT2D eigenvalue weighted by atomic mass is 10.1. The zero-order chi connectivity index (χ0) is 23.6. The number of nitrogens with zero attached hydrogens (tertiary/aromatic N) is 3. The maximum Gasteiger partial charge on any atom is 0.237 e. The van der Waals surface area contributed by atoms with E-state index in [0.717, 1.165) is 63.8 Å². The molecule has 1 amide bonds. The van der Waals surface area contributed by atoms with Gasteiger partial charge in [0.05, 0.1) is 23.3 Å². The van der Waals surface area contributed by atoms with Gasteiger partial charge in [-0.05, 0) is 61.3 Å². The largest absolute Gasteiger partial charge is 0.351 e. The third kappa shape index (κ3) is 4.43. The van der Waals surface area contributed by atoms with Crippen molar-refractivity contribution in [3.05, 3.63) is 78.5 Å². The van der Waals surface area contributed by atoms with E-state index in [4.69, 9.17) is 9.97 Å². The SMILES string of the molecule is O=C(NCc1cccc(-c2nc(Nc3ccc4[nH]ncc4c3)c3ccccc3n2)c1)[C@@H]1CCCN1. The molecule has 1 atom stereocenters. The van der Waals surface area contributed by atoms with Crippen LogP contribution in [0.3, 0.4) is 0 Å². The van der Waals surface area contributed by atoms with Gasteiger partial charge < -0.3 is 16.0 Å². The summed E-state index contributed by atoms with van der Waals surface area (Å²) in [5, 5.41) is 18.8. The molecule has 1 aliphatic heterocycles. The number of hydrogen-bond donors (Lipinski definition) is 4. The highest BCUT2D eigenvalue weighted by Crippen LogP contribution is 2.28. The molecular formula is C27H25N7O. The van der Waals surface area contributed by atoms with Gasteiger partial charge in [-0.25, -0.2) is 9.97 Å². The van der Waals surface area contributed by atoms with Gasteiger partial charge in [0.15, 0.2) is 5.82 Å². The third-order valence-electron chi connectivity index (χ3n) is 6.33. The lowest BCUT2D eigenvalue weighted by molar-refractivity contribution is -0.122. The monoisotopic (exact) mass is 463 g/mol. The Morgan fingerprint density at radius 3 is 2.89 bits per heavy atom. The van der Waals surface area contributed by atoms with Gasteiger partial charge in [-0.2, -0.15) is 5.10 Å². The van der Waals surface area contributed by atoms with Crippen LogP contribution >= 0.6 is 0 Å². The number of H-pyrrole nitrogens is 1. The topological polar surface area (TPSA) is 108 Å². The fourth-order valence-electron chi connectivity index (χ4n) is 4.50. The first-order valence-electron chi connectivity index (χ1n) is 11.8. The van der Waals surface area contributed by atoms with Crippen LogP contribution in [-0.4, -0.2) is 38.7 Å². The maximum absolute atomic E-state index is 12.4. The average molecular weight is 464 g/mol. The molecule has 4 N–H and O–H groups in total. The standard InChI is InChI=1S/C27H25N7O/c35-27(24-9-4-12-28-24)29-15-17-5-3-6-18(13-17)25-32-23-8-2-1-7-21(23)26(33-25)31-20-10-11-22-19(14-20)16-30-34-22/h1-3,5-8,10-11,13-14,16,24,28H,4,9,12,15H2,(H,29,35)(H,30,34)(H,31,32,33)/t24-/m0/s1. The fraction of sp³-hybridized carbons (Fsp3) is 0.185. The number of carbonyl (C=O) groups excluding carboxylic acids is 1. The molecule has 0 radical (unpaired) electrons. The Hall–Kier alpha value is -4.30. The molecule has 0 saturated carbocycles. The minimum atomic E-state index is -0.0862. The smallest absolute Gasteiger partial charge is 0.237 e. The summed E-state index contributed by atoms with van der Waals surface area (Å²) in [7, 11) is 0. The van der Waals surface area contributed by atoms with E-state index in [0.29, 0.717) is 12.4 Å². The van der Waals surface area contributed by atoms with E-state index in [1.807, 2.05) is 66.7 Å². The molecular weight excluding hydrogens is 438 g/mol. The minimum absolute atomic E-state index is 0.0518. The van der Waals surface area contributed by atoms with Crippen LogP contribution in [0.1, 0.15) is 18.4 Å². The van der Waals surface area contributed by atoms with Crippen molar-refractivity contribution in [3.63, 3.8) is 0 Å². The molecule has 8 heteroatoms. The Bertz CT molecular complexity index is 1520. The highest BCUT2D eigenvalue weighted by Gasteiger charge is 2.21. The van der Waals surface area contributed by atoms with Gasteiger partial charge in [0.2, 0.25) is 5.91 Å². The van der Waals surface area contributed by atoms with Crippen molar-refractivity contribution in [1.82, 2.24) is 30.8 Å². The van der Waals surface area contributed by atoms with E-state index in [2.05, 4.69) is 26.1 Å². The Labute approximate surface area is 202 Å². The van der Waals surface area contributed by atoms with Crippen molar-refractivity contribution in [2.45, 2.75) is 25.4 Å². The van der Waals surface area contributed by atoms with Crippen LogP contribution in [0.15, 0.2) is 72.9 Å². The van der Waals surface area contributed by atoms with Crippen LogP contribution in [0.2, 0.25) is 0 Å². The van der Waals surface area contributed by atoms with Crippen molar-refractivity contribution in [2.75, 3.05) is 11.9 Å². The maximum atomic E-state index is 12.4. The highest BCUT2D eigenvalue weighted by molar-refractivity contribution is 5.93. The first-order valence-corrected chi connectivity index (χ1v) is 11.8. The number of carbonyl (C=O) groups is 1. The fourth-order valence-corrected chi connectivity index (χ4v) is 4.50. The molecule has 0 spiro atoms. The van der Waals surface area contributed by atoms with Gasteiger partial charge >= 0.3 is 0 Å². The number of nitrogens with one attached hydrogen (secondary N) is 4. The zero-order valence-electron chi connectivity index (χ0n) is 19.1. The summed E-state index contributed by atoms with van der Waals surface area (Å²) in [6, 6.07) is 21.9. The van der Waals surface area contributed by atoms with Crippen LogP contribution < -0.4 is 16.0 Å².